The second-order valence-electron chi connectivity index (χ2n) is 6.07. The predicted molar refractivity (Wildman–Crippen MR) is 81.6 cm³/mol. The largest absolute Gasteiger partial charge is 0.432 e. The van der Waals surface area contributed by atoms with Gasteiger partial charge in [-0.05, 0) is 29.9 Å². The molecule has 1 rings (SSSR count). The fraction of sp³-hybridized carbons (Fsp3) is 0.588. The maximum atomic E-state index is 12.0. The van der Waals surface area contributed by atoms with Crippen LogP contribution in [0.2, 0.25) is 0 Å². The van der Waals surface area contributed by atoms with Crippen molar-refractivity contribution >= 4 is 5.97 Å². The van der Waals surface area contributed by atoms with Crippen LogP contribution in [0.1, 0.15) is 38.1 Å². The number of aliphatic hydroxyl groups is 2. The average molecular weight is 294 g/mol. The number of hydrogen-bond acceptors (Lipinski definition) is 4. The van der Waals surface area contributed by atoms with Crippen molar-refractivity contribution in [2.45, 2.75) is 34.0 Å². The molecule has 0 spiro atoms. The van der Waals surface area contributed by atoms with Crippen LogP contribution in [-0.4, -0.2) is 29.1 Å². The number of benzene rings is 1. The normalized spacial score (nSPS) is 15.8. The maximum absolute atomic E-state index is 12.0. The van der Waals surface area contributed by atoms with Crippen molar-refractivity contribution < 1.29 is 19.7 Å². The average Bonchev–Trinajstić information content (AvgIpc) is 2.44. The molecule has 0 saturated carbocycles. The van der Waals surface area contributed by atoms with Crippen LogP contribution in [0.5, 0.6) is 0 Å². The Labute approximate surface area is 126 Å². The standard InChI is InChI=1S/C17H26O4/c1-11(2)14(10-18)15(12(3)4)17(20)21-16(19)13-8-6-5-7-9-13/h5-9,11-12,14-15,17-18,20H,10H2,1-4H3. The smallest absolute Gasteiger partial charge is 0.340 e. The first-order valence-corrected chi connectivity index (χ1v) is 7.43. The van der Waals surface area contributed by atoms with Gasteiger partial charge in [-0.25, -0.2) is 4.79 Å². The summed E-state index contributed by atoms with van der Waals surface area (Å²) in [6, 6.07) is 8.59. The van der Waals surface area contributed by atoms with Gasteiger partial charge in [0, 0.05) is 12.5 Å². The number of hydrogen-bond donors (Lipinski definition) is 2. The van der Waals surface area contributed by atoms with Crippen molar-refractivity contribution in [3.05, 3.63) is 35.9 Å². The van der Waals surface area contributed by atoms with Gasteiger partial charge in [-0.3, -0.25) is 0 Å². The Morgan fingerprint density at radius 1 is 1.10 bits per heavy atom. The Hall–Kier alpha value is -1.39. The molecule has 0 bridgehead atoms. The van der Waals surface area contributed by atoms with Crippen LogP contribution >= 0.6 is 0 Å². The molecule has 3 atom stereocenters. The van der Waals surface area contributed by atoms with Gasteiger partial charge in [0.1, 0.15) is 0 Å². The summed E-state index contributed by atoms with van der Waals surface area (Å²) in [5, 5.41) is 19.9. The zero-order valence-electron chi connectivity index (χ0n) is 13.2. The lowest BCUT2D eigenvalue weighted by molar-refractivity contribution is -0.134. The van der Waals surface area contributed by atoms with E-state index in [0.29, 0.717) is 5.56 Å². The van der Waals surface area contributed by atoms with Crippen molar-refractivity contribution in [1.82, 2.24) is 0 Å². The molecule has 0 heterocycles. The van der Waals surface area contributed by atoms with Gasteiger partial charge in [0.2, 0.25) is 6.29 Å². The van der Waals surface area contributed by atoms with Gasteiger partial charge in [0.15, 0.2) is 0 Å². The van der Waals surface area contributed by atoms with Gasteiger partial charge in [-0.15, -0.1) is 0 Å². The Bertz CT molecular complexity index is 428. The van der Waals surface area contributed by atoms with Gasteiger partial charge in [-0.1, -0.05) is 45.9 Å². The molecule has 0 amide bonds. The van der Waals surface area contributed by atoms with E-state index in [1.807, 2.05) is 33.8 Å². The quantitative estimate of drug-likeness (QED) is 0.599. The molecule has 2 N–H and O–H groups in total. The van der Waals surface area contributed by atoms with Crippen molar-refractivity contribution in [3.8, 4) is 0 Å². The molecule has 1 aromatic rings. The number of rotatable bonds is 7. The number of carbonyl (C=O) groups is 1. The van der Waals surface area contributed by atoms with Gasteiger partial charge in [0.25, 0.3) is 0 Å². The van der Waals surface area contributed by atoms with Crippen LogP contribution < -0.4 is 0 Å². The first-order valence-electron chi connectivity index (χ1n) is 7.43. The van der Waals surface area contributed by atoms with Crippen molar-refractivity contribution in [3.63, 3.8) is 0 Å². The summed E-state index contributed by atoms with van der Waals surface area (Å²) < 4.78 is 5.20. The summed E-state index contributed by atoms with van der Waals surface area (Å²) in [4.78, 5) is 12.0. The van der Waals surface area contributed by atoms with Crippen LogP contribution in [0.3, 0.4) is 0 Å². The van der Waals surface area contributed by atoms with Gasteiger partial charge >= 0.3 is 5.97 Å². The molecule has 0 aliphatic carbocycles. The zero-order chi connectivity index (χ0) is 16.0. The molecule has 4 heteroatoms. The van der Waals surface area contributed by atoms with Crippen LogP contribution in [0.4, 0.5) is 0 Å². The Morgan fingerprint density at radius 3 is 2.10 bits per heavy atom. The Balaban J connectivity index is 2.82. The van der Waals surface area contributed by atoms with Gasteiger partial charge in [0.05, 0.1) is 5.56 Å². The Kier molecular flexibility index (Phi) is 6.85. The lowest BCUT2D eigenvalue weighted by atomic mass is 9.77. The second kappa shape index (κ2) is 8.15. The summed E-state index contributed by atoms with van der Waals surface area (Å²) in [6.07, 6.45) is -1.22. The SMILES string of the molecule is CC(C)C(CO)C(C(C)C)C(O)OC(=O)c1ccccc1. The van der Waals surface area contributed by atoms with Crippen molar-refractivity contribution in [2.24, 2.45) is 23.7 Å². The number of aliphatic hydroxyl groups excluding tert-OH is 2. The molecule has 4 nitrogen and oxygen atoms in total. The molecular formula is C17H26O4. The maximum Gasteiger partial charge on any atom is 0.340 e. The lowest BCUT2D eigenvalue weighted by Crippen LogP contribution is -2.39. The first kappa shape index (κ1) is 17.7. The van der Waals surface area contributed by atoms with E-state index in [-0.39, 0.29) is 30.3 Å². The van der Waals surface area contributed by atoms with E-state index in [1.165, 1.54) is 0 Å². The summed E-state index contributed by atoms with van der Waals surface area (Å²) >= 11 is 0. The third-order valence-corrected chi connectivity index (χ3v) is 3.90. The highest BCUT2D eigenvalue weighted by molar-refractivity contribution is 5.89. The fourth-order valence-corrected chi connectivity index (χ4v) is 2.64. The molecule has 0 aliphatic heterocycles. The molecule has 118 valence electrons. The second-order valence-corrected chi connectivity index (χ2v) is 6.07. The monoisotopic (exact) mass is 294 g/mol. The molecule has 3 unspecified atom stereocenters. The van der Waals surface area contributed by atoms with Gasteiger partial charge in [-0.2, -0.15) is 0 Å². The highest BCUT2D eigenvalue weighted by atomic mass is 16.6. The molecule has 21 heavy (non-hydrogen) atoms. The van der Waals surface area contributed by atoms with Crippen LogP contribution in [0.15, 0.2) is 30.3 Å². The summed E-state index contributed by atoms with van der Waals surface area (Å²) in [6.45, 7) is 7.84. The van der Waals surface area contributed by atoms with Crippen molar-refractivity contribution in [2.75, 3.05) is 6.61 Å². The van der Waals surface area contributed by atoms with E-state index in [4.69, 9.17) is 4.74 Å². The minimum absolute atomic E-state index is 0.0412. The predicted octanol–water partition coefficient (Wildman–Crippen LogP) is 2.70. The summed E-state index contributed by atoms with van der Waals surface area (Å²) in [7, 11) is 0. The third-order valence-electron chi connectivity index (χ3n) is 3.90. The molecule has 1 aromatic carbocycles. The topological polar surface area (TPSA) is 66.8 Å². The van der Waals surface area contributed by atoms with E-state index < -0.39 is 12.3 Å². The summed E-state index contributed by atoms with van der Waals surface area (Å²) in [5.41, 5.74) is 0.407. The molecule has 0 aliphatic rings. The third kappa shape index (κ3) is 4.83. The van der Waals surface area contributed by atoms with Crippen LogP contribution in [0.25, 0.3) is 0 Å². The number of esters is 1. The minimum atomic E-state index is -1.22. The molecular weight excluding hydrogens is 268 g/mol. The van der Waals surface area contributed by atoms with Crippen LogP contribution in [0, 0.1) is 23.7 Å². The fourth-order valence-electron chi connectivity index (χ4n) is 2.64. The molecule has 0 radical (unpaired) electrons. The Morgan fingerprint density at radius 2 is 1.67 bits per heavy atom. The molecule has 0 aromatic heterocycles. The van der Waals surface area contributed by atoms with E-state index >= 15 is 0 Å². The lowest BCUT2D eigenvalue weighted by Gasteiger charge is -2.34. The van der Waals surface area contributed by atoms with E-state index in [0.717, 1.165) is 0 Å². The first-order chi connectivity index (χ1) is 9.88. The number of carbonyl (C=O) groups excluding carboxylic acids is 1. The minimum Gasteiger partial charge on any atom is -0.432 e. The number of ether oxygens (including phenoxy) is 1. The van der Waals surface area contributed by atoms with Crippen molar-refractivity contribution in [1.29, 1.82) is 0 Å². The zero-order valence-corrected chi connectivity index (χ0v) is 13.2. The van der Waals surface area contributed by atoms with Gasteiger partial charge < -0.3 is 14.9 Å². The van der Waals surface area contributed by atoms with E-state index in [2.05, 4.69) is 0 Å². The molecule has 0 saturated heterocycles. The van der Waals surface area contributed by atoms with E-state index in [9.17, 15) is 15.0 Å². The summed E-state index contributed by atoms with van der Waals surface area (Å²) in [5.74, 6) is -0.698. The van der Waals surface area contributed by atoms with Crippen LogP contribution in [-0.2, 0) is 4.74 Å². The highest BCUT2D eigenvalue weighted by Gasteiger charge is 2.35. The molecule has 0 fully saturated rings. The van der Waals surface area contributed by atoms with E-state index in [1.54, 1.807) is 24.3 Å². The highest BCUT2D eigenvalue weighted by Crippen LogP contribution is 2.31.